The number of aliphatic hydroxyl groups excluding tert-OH is 1. The fraction of sp³-hybridized carbons (Fsp3) is 0.263. The van der Waals surface area contributed by atoms with E-state index in [1.54, 1.807) is 17.6 Å². The van der Waals surface area contributed by atoms with Crippen LogP contribution < -0.4 is 15.4 Å². The molecule has 1 aromatic carbocycles. The maximum atomic E-state index is 12.8. The van der Waals surface area contributed by atoms with Crippen molar-refractivity contribution in [1.82, 2.24) is 20.0 Å². The molecular weight excluding hydrogens is 490 g/mol. The highest BCUT2D eigenvalue weighted by Crippen LogP contribution is 2.27. The Bertz CT molecular complexity index is 1230. The number of alkyl carbamates (subject to hydrolysis) is 1. The third kappa shape index (κ3) is 6.85. The smallest absolute Gasteiger partial charge is 0.407 e. The van der Waals surface area contributed by atoms with Gasteiger partial charge in [-0.25, -0.2) is 22.9 Å². The highest BCUT2D eigenvalue weighted by atomic mass is 32.2. The molecule has 2 heterocycles. The Kier molecular flexibility index (Phi) is 8.57. The van der Waals surface area contributed by atoms with Gasteiger partial charge in [-0.15, -0.1) is 23.1 Å². The van der Waals surface area contributed by atoms with Crippen molar-refractivity contribution in [1.29, 1.82) is 0 Å². The van der Waals surface area contributed by atoms with Crippen LogP contribution in [0.5, 0.6) is 0 Å². The van der Waals surface area contributed by atoms with Crippen LogP contribution in [-0.2, 0) is 19.6 Å². The van der Waals surface area contributed by atoms with Gasteiger partial charge in [0.2, 0.25) is 15.9 Å². The number of rotatable bonds is 10. The van der Waals surface area contributed by atoms with E-state index in [2.05, 4.69) is 30.1 Å². The first-order valence-electron chi connectivity index (χ1n) is 9.47. The summed E-state index contributed by atoms with van der Waals surface area (Å²) < 4.78 is 33.2. The Hall–Kier alpha value is -2.78. The van der Waals surface area contributed by atoms with Crippen LogP contribution >= 0.6 is 23.1 Å². The van der Waals surface area contributed by atoms with E-state index in [9.17, 15) is 23.1 Å². The molecule has 0 aliphatic heterocycles. The third-order valence-corrected chi connectivity index (χ3v) is 7.78. The van der Waals surface area contributed by atoms with E-state index < -0.39 is 34.7 Å². The number of pyridine rings is 1. The molecule has 4 N–H and O–H groups in total. The zero-order chi connectivity index (χ0) is 23.8. The molecule has 14 heteroatoms. The molecule has 1 unspecified atom stereocenters. The molecular formula is C19H21N5O6S3. The number of nitrogens with one attached hydrogen (secondary N) is 3. The number of carbonyl (C=O) groups is 2. The van der Waals surface area contributed by atoms with Gasteiger partial charge in [0.1, 0.15) is 6.54 Å². The van der Waals surface area contributed by atoms with Gasteiger partial charge in [0.15, 0.2) is 0 Å². The molecule has 0 spiro atoms. The zero-order valence-electron chi connectivity index (χ0n) is 17.3. The van der Waals surface area contributed by atoms with E-state index in [1.165, 1.54) is 54.7 Å². The number of carbonyl (C=O) groups excluding carboxylic acids is 2. The maximum absolute atomic E-state index is 12.8. The average molecular weight is 512 g/mol. The van der Waals surface area contributed by atoms with E-state index in [-0.39, 0.29) is 17.2 Å². The van der Waals surface area contributed by atoms with Crippen molar-refractivity contribution in [3.63, 3.8) is 0 Å². The predicted molar refractivity (Wildman–Crippen MR) is 125 cm³/mol. The summed E-state index contributed by atoms with van der Waals surface area (Å²) in [7, 11) is -2.68. The van der Waals surface area contributed by atoms with Crippen LogP contribution in [0.25, 0.3) is 10.2 Å². The van der Waals surface area contributed by atoms with Crippen molar-refractivity contribution in [2.75, 3.05) is 31.3 Å². The Labute approximate surface area is 198 Å². The van der Waals surface area contributed by atoms with E-state index in [4.69, 9.17) is 0 Å². The Morgan fingerprint density at radius 3 is 2.88 bits per heavy atom. The highest BCUT2D eigenvalue weighted by molar-refractivity contribution is 7.99. The van der Waals surface area contributed by atoms with Gasteiger partial charge >= 0.3 is 6.09 Å². The number of hydrogen-bond donors (Lipinski definition) is 4. The second-order valence-electron chi connectivity index (χ2n) is 6.56. The van der Waals surface area contributed by atoms with Crippen LogP contribution in [0.3, 0.4) is 0 Å². The lowest BCUT2D eigenvalue weighted by Gasteiger charge is -2.17. The minimum atomic E-state index is -3.87. The lowest BCUT2D eigenvalue weighted by atomic mass is 10.3. The second kappa shape index (κ2) is 11.4. The Morgan fingerprint density at radius 1 is 1.30 bits per heavy atom. The lowest BCUT2D eigenvalue weighted by Crippen LogP contribution is -2.39. The lowest BCUT2D eigenvalue weighted by molar-refractivity contribution is -0.115. The van der Waals surface area contributed by atoms with Gasteiger partial charge in [0.05, 0.1) is 52.3 Å². The monoisotopic (exact) mass is 511 g/mol. The second-order valence-corrected chi connectivity index (χ2v) is 10.2. The van der Waals surface area contributed by atoms with Crippen LogP contribution in [0.15, 0.2) is 52.0 Å². The van der Waals surface area contributed by atoms with Crippen molar-refractivity contribution in [2.24, 2.45) is 0 Å². The Balaban J connectivity index is 1.63. The van der Waals surface area contributed by atoms with Crippen LogP contribution in [-0.4, -0.2) is 67.5 Å². The largest absolute Gasteiger partial charge is 0.453 e. The first-order valence-corrected chi connectivity index (χ1v) is 12.8. The summed E-state index contributed by atoms with van der Waals surface area (Å²) in [5, 5.41) is 14.6. The molecule has 2 amide bonds. The number of hydrogen-bond acceptors (Lipinski definition) is 10. The number of thiazole rings is 1. The number of methoxy groups -OCH3 is 1. The van der Waals surface area contributed by atoms with Gasteiger partial charge in [-0.2, -0.15) is 0 Å². The molecule has 0 bridgehead atoms. The zero-order valence-corrected chi connectivity index (χ0v) is 19.8. The molecule has 0 radical (unpaired) electrons. The van der Waals surface area contributed by atoms with Crippen molar-refractivity contribution < 1.29 is 27.9 Å². The molecule has 0 aliphatic carbocycles. The summed E-state index contributed by atoms with van der Waals surface area (Å²) in [4.78, 5) is 31.9. The summed E-state index contributed by atoms with van der Waals surface area (Å²) in [6.45, 7) is -0.723. The van der Waals surface area contributed by atoms with Crippen LogP contribution in [0.4, 0.5) is 10.5 Å². The van der Waals surface area contributed by atoms with Crippen LogP contribution in [0.2, 0.25) is 0 Å². The maximum Gasteiger partial charge on any atom is 0.407 e. The minimum Gasteiger partial charge on any atom is -0.453 e. The number of ether oxygens (including phenoxy) is 1. The summed E-state index contributed by atoms with van der Waals surface area (Å²) in [6, 6.07) is 5.49. The van der Waals surface area contributed by atoms with Crippen molar-refractivity contribution in [3.05, 3.63) is 42.2 Å². The molecule has 2 aromatic heterocycles. The fourth-order valence-electron chi connectivity index (χ4n) is 2.62. The highest BCUT2D eigenvalue weighted by Gasteiger charge is 2.21. The van der Waals surface area contributed by atoms with Crippen LogP contribution in [0, 0.1) is 0 Å². The molecule has 3 aromatic rings. The number of aromatic nitrogens is 2. The first kappa shape index (κ1) is 24.9. The summed E-state index contributed by atoms with van der Waals surface area (Å²) in [5.74, 6) is -0.306. The van der Waals surface area contributed by atoms with Gasteiger partial charge in [0, 0.05) is 16.8 Å². The summed E-state index contributed by atoms with van der Waals surface area (Å²) in [6.07, 6.45) is 2.21. The number of sulfonamides is 1. The molecule has 0 saturated carbocycles. The number of thioether (sulfide) groups is 1. The molecule has 11 nitrogen and oxygen atoms in total. The number of anilines is 1. The number of nitrogens with zero attached hydrogens (tertiary/aromatic N) is 2. The summed E-state index contributed by atoms with van der Waals surface area (Å²) >= 11 is 2.56. The summed E-state index contributed by atoms with van der Waals surface area (Å²) in [5.41, 5.74) is 2.73. The van der Waals surface area contributed by atoms with Gasteiger partial charge in [-0.3, -0.25) is 9.78 Å². The van der Waals surface area contributed by atoms with Gasteiger partial charge in [-0.05, 0) is 24.3 Å². The molecule has 33 heavy (non-hydrogen) atoms. The van der Waals surface area contributed by atoms with Crippen molar-refractivity contribution in [3.8, 4) is 0 Å². The van der Waals surface area contributed by atoms with E-state index in [0.717, 1.165) is 4.70 Å². The Morgan fingerprint density at radius 2 is 2.12 bits per heavy atom. The van der Waals surface area contributed by atoms with Gasteiger partial charge < -0.3 is 20.5 Å². The van der Waals surface area contributed by atoms with Crippen molar-refractivity contribution in [2.45, 2.75) is 15.8 Å². The van der Waals surface area contributed by atoms with Crippen molar-refractivity contribution >= 4 is 61.0 Å². The molecule has 0 fully saturated rings. The van der Waals surface area contributed by atoms with E-state index in [0.29, 0.717) is 16.1 Å². The third-order valence-electron chi connectivity index (χ3n) is 4.23. The van der Waals surface area contributed by atoms with Gasteiger partial charge in [-0.1, -0.05) is 0 Å². The average Bonchev–Trinajstić information content (AvgIpc) is 3.29. The SMILES string of the molecule is COC(=O)NCC(=O)Nc1cnccc1SCC(CO)NS(=O)(=O)c1ccc2ncsc2c1. The fourth-order valence-corrected chi connectivity index (χ4v) is 5.76. The number of benzene rings is 1. The van der Waals surface area contributed by atoms with E-state index in [1.807, 2.05) is 0 Å². The molecule has 3 rings (SSSR count). The first-order chi connectivity index (χ1) is 15.8. The van der Waals surface area contributed by atoms with Crippen LogP contribution in [0.1, 0.15) is 0 Å². The molecule has 0 aliphatic rings. The minimum absolute atomic E-state index is 0.0812. The number of aliphatic hydroxyl groups is 1. The quantitative estimate of drug-likeness (QED) is 0.295. The van der Waals surface area contributed by atoms with E-state index >= 15 is 0 Å². The molecule has 0 saturated heterocycles. The molecule has 1 atom stereocenters. The molecule has 176 valence electrons. The topological polar surface area (TPSA) is 160 Å². The standard InChI is InChI=1S/C19H21N5O6S3/c1-30-19(27)21-8-18(26)23-15-7-20-5-4-16(15)31-10-12(9-25)24-33(28,29)13-2-3-14-17(6-13)32-11-22-14/h2-7,11-12,24-25H,8-10H2,1H3,(H,21,27)(H,23,26). The predicted octanol–water partition coefficient (Wildman–Crippen LogP) is 1.42. The number of fused-ring (bicyclic) bond motifs is 1. The number of amides is 2. The normalized spacial score (nSPS) is 12.3. The van der Waals surface area contributed by atoms with Gasteiger partial charge in [0.25, 0.3) is 0 Å².